The summed E-state index contributed by atoms with van der Waals surface area (Å²) in [5.41, 5.74) is 3.55. The SMILES string of the molecule is Cc1ncsc1-c1nnc(SCCCN2CC[C@@]3(C[C@@H]3c3ccc(C(F)(F)F)cc3)C2)n1C. The Morgan fingerprint density at radius 2 is 2.00 bits per heavy atom. The number of aryl methyl sites for hydroxylation is 1. The van der Waals surface area contributed by atoms with Gasteiger partial charge in [0.05, 0.1) is 21.6 Å². The van der Waals surface area contributed by atoms with E-state index in [1.807, 2.05) is 24.0 Å². The summed E-state index contributed by atoms with van der Waals surface area (Å²) in [5, 5.41) is 9.62. The number of thiazole rings is 1. The second-order valence-electron chi connectivity index (χ2n) is 9.10. The highest BCUT2D eigenvalue weighted by atomic mass is 32.2. The van der Waals surface area contributed by atoms with E-state index in [1.54, 1.807) is 35.2 Å². The van der Waals surface area contributed by atoms with Crippen molar-refractivity contribution in [2.75, 3.05) is 25.4 Å². The zero-order valence-electron chi connectivity index (χ0n) is 18.6. The Bertz CT molecular complexity index is 1120. The summed E-state index contributed by atoms with van der Waals surface area (Å²) >= 11 is 3.31. The van der Waals surface area contributed by atoms with Crippen LogP contribution in [0.4, 0.5) is 13.2 Å². The minimum Gasteiger partial charge on any atom is -0.304 e. The van der Waals surface area contributed by atoms with Gasteiger partial charge in [-0.15, -0.1) is 21.5 Å². The summed E-state index contributed by atoms with van der Waals surface area (Å²) < 4.78 is 40.5. The quantitative estimate of drug-likeness (QED) is 0.315. The smallest absolute Gasteiger partial charge is 0.304 e. The molecule has 1 spiro atoms. The summed E-state index contributed by atoms with van der Waals surface area (Å²) in [6.45, 7) is 5.13. The third-order valence-electron chi connectivity index (χ3n) is 6.93. The zero-order chi connectivity index (χ0) is 23.2. The molecule has 2 aliphatic rings. The average molecular weight is 494 g/mol. The summed E-state index contributed by atoms with van der Waals surface area (Å²) in [6, 6.07) is 5.79. The van der Waals surface area contributed by atoms with E-state index in [-0.39, 0.29) is 5.41 Å². The minimum atomic E-state index is -4.27. The Morgan fingerprint density at radius 3 is 2.70 bits per heavy atom. The molecule has 3 aromatic rings. The highest BCUT2D eigenvalue weighted by Crippen LogP contribution is 2.64. The maximum absolute atomic E-state index is 12.8. The van der Waals surface area contributed by atoms with Crippen molar-refractivity contribution in [2.24, 2.45) is 12.5 Å². The number of aromatic nitrogens is 4. The number of benzene rings is 1. The van der Waals surface area contributed by atoms with Crippen LogP contribution in [-0.2, 0) is 13.2 Å². The lowest BCUT2D eigenvalue weighted by Gasteiger charge is -2.16. The molecule has 33 heavy (non-hydrogen) atoms. The molecule has 0 amide bonds. The van der Waals surface area contributed by atoms with Crippen LogP contribution in [0.1, 0.15) is 42.0 Å². The third kappa shape index (κ3) is 4.57. The van der Waals surface area contributed by atoms with E-state index >= 15 is 0 Å². The Hall–Kier alpha value is -1.91. The molecular formula is C23H26F3N5S2. The number of hydrogen-bond donors (Lipinski definition) is 0. The average Bonchev–Trinajstić information content (AvgIpc) is 3.05. The largest absolute Gasteiger partial charge is 0.416 e. The van der Waals surface area contributed by atoms with E-state index in [0.717, 1.165) is 71.8 Å². The Labute approximate surface area is 199 Å². The van der Waals surface area contributed by atoms with E-state index in [2.05, 4.69) is 20.1 Å². The summed E-state index contributed by atoms with van der Waals surface area (Å²) in [5.74, 6) is 2.23. The van der Waals surface area contributed by atoms with Gasteiger partial charge in [-0.2, -0.15) is 13.2 Å². The van der Waals surface area contributed by atoms with Crippen molar-refractivity contribution in [3.63, 3.8) is 0 Å². The molecule has 1 aliphatic carbocycles. The van der Waals surface area contributed by atoms with Gasteiger partial charge in [-0.3, -0.25) is 0 Å². The summed E-state index contributed by atoms with van der Waals surface area (Å²) in [6.07, 6.45) is -0.989. The van der Waals surface area contributed by atoms with Crippen LogP contribution in [0, 0.1) is 12.3 Å². The molecule has 1 aliphatic heterocycles. The maximum atomic E-state index is 12.8. The first-order chi connectivity index (χ1) is 15.8. The Morgan fingerprint density at radius 1 is 1.21 bits per heavy atom. The Balaban J connectivity index is 1.09. The van der Waals surface area contributed by atoms with Crippen molar-refractivity contribution in [2.45, 2.75) is 43.4 Å². The molecule has 5 rings (SSSR count). The fourth-order valence-corrected chi connectivity index (χ4v) is 6.61. The number of halogens is 3. The molecule has 2 atom stereocenters. The fourth-order valence-electron chi connectivity index (χ4n) is 4.96. The lowest BCUT2D eigenvalue weighted by Crippen LogP contribution is -2.23. The van der Waals surface area contributed by atoms with Gasteiger partial charge in [-0.25, -0.2) is 4.98 Å². The minimum absolute atomic E-state index is 0.262. The second-order valence-corrected chi connectivity index (χ2v) is 11.0. The number of likely N-dealkylation sites (tertiary alicyclic amines) is 1. The topological polar surface area (TPSA) is 46.8 Å². The van der Waals surface area contributed by atoms with Gasteiger partial charge in [-0.1, -0.05) is 23.9 Å². The monoisotopic (exact) mass is 493 g/mol. The second kappa shape index (κ2) is 8.70. The first-order valence-corrected chi connectivity index (χ1v) is 13.0. The summed E-state index contributed by atoms with van der Waals surface area (Å²) in [4.78, 5) is 7.87. The standard InChI is InChI=1S/C23H26F3N5S2/c1-15-19(33-14-27-15)20-28-29-21(30(20)2)32-11-3-9-31-10-8-22(13-31)12-18(22)16-4-6-17(7-5-16)23(24,25)26/h4-7,14,18H,3,8-13H2,1-2H3/t18-,22-/m1/s1. The molecule has 10 heteroatoms. The molecule has 0 radical (unpaired) electrons. The van der Waals surface area contributed by atoms with Crippen molar-refractivity contribution < 1.29 is 13.2 Å². The molecule has 1 aromatic carbocycles. The highest BCUT2D eigenvalue weighted by Gasteiger charge is 2.57. The van der Waals surface area contributed by atoms with Gasteiger partial charge in [0.15, 0.2) is 11.0 Å². The van der Waals surface area contributed by atoms with Crippen LogP contribution in [-0.4, -0.2) is 50.0 Å². The van der Waals surface area contributed by atoms with Crippen LogP contribution in [0.3, 0.4) is 0 Å². The number of thioether (sulfide) groups is 1. The number of alkyl halides is 3. The van der Waals surface area contributed by atoms with Gasteiger partial charge < -0.3 is 9.47 Å². The molecule has 0 bridgehead atoms. The van der Waals surface area contributed by atoms with Crippen LogP contribution < -0.4 is 0 Å². The molecule has 0 N–H and O–H groups in total. The van der Waals surface area contributed by atoms with E-state index in [0.29, 0.717) is 5.92 Å². The van der Waals surface area contributed by atoms with Crippen molar-refractivity contribution in [3.05, 3.63) is 46.6 Å². The number of rotatable bonds is 7. The van der Waals surface area contributed by atoms with Gasteiger partial charge in [0.25, 0.3) is 0 Å². The number of hydrogen-bond acceptors (Lipinski definition) is 6. The predicted octanol–water partition coefficient (Wildman–Crippen LogP) is 5.63. The molecule has 0 unspecified atom stereocenters. The van der Waals surface area contributed by atoms with E-state index in [9.17, 15) is 13.2 Å². The normalized spacial score (nSPS) is 23.0. The molecule has 2 fully saturated rings. The van der Waals surface area contributed by atoms with Crippen molar-refractivity contribution >= 4 is 23.1 Å². The lowest BCUT2D eigenvalue weighted by molar-refractivity contribution is -0.137. The molecule has 3 heterocycles. The van der Waals surface area contributed by atoms with Crippen molar-refractivity contribution in [1.29, 1.82) is 0 Å². The highest BCUT2D eigenvalue weighted by molar-refractivity contribution is 7.99. The summed E-state index contributed by atoms with van der Waals surface area (Å²) in [7, 11) is 2.00. The van der Waals surface area contributed by atoms with E-state index in [4.69, 9.17) is 0 Å². The molecule has 1 saturated carbocycles. The Kier molecular flexibility index (Phi) is 6.03. The molecule has 1 saturated heterocycles. The van der Waals surface area contributed by atoms with Gasteiger partial charge >= 0.3 is 6.18 Å². The first-order valence-electron chi connectivity index (χ1n) is 11.1. The van der Waals surface area contributed by atoms with Crippen LogP contribution >= 0.6 is 23.1 Å². The van der Waals surface area contributed by atoms with Gasteiger partial charge in [0.1, 0.15) is 0 Å². The predicted molar refractivity (Wildman–Crippen MR) is 124 cm³/mol. The zero-order valence-corrected chi connectivity index (χ0v) is 20.2. The third-order valence-corrected chi connectivity index (χ3v) is 8.96. The van der Waals surface area contributed by atoms with Gasteiger partial charge in [0.2, 0.25) is 0 Å². The maximum Gasteiger partial charge on any atom is 0.416 e. The van der Waals surface area contributed by atoms with Crippen molar-refractivity contribution in [3.8, 4) is 10.7 Å². The first kappa shape index (κ1) is 22.9. The molecule has 2 aromatic heterocycles. The van der Waals surface area contributed by atoms with Gasteiger partial charge in [0, 0.05) is 19.3 Å². The molecule has 5 nitrogen and oxygen atoms in total. The van der Waals surface area contributed by atoms with E-state index in [1.165, 1.54) is 12.1 Å². The van der Waals surface area contributed by atoms with Crippen LogP contribution in [0.5, 0.6) is 0 Å². The molecule has 176 valence electrons. The number of nitrogens with zero attached hydrogens (tertiary/aromatic N) is 5. The lowest BCUT2D eigenvalue weighted by atomic mass is 9.97. The van der Waals surface area contributed by atoms with E-state index < -0.39 is 11.7 Å². The van der Waals surface area contributed by atoms with Crippen molar-refractivity contribution in [1.82, 2.24) is 24.6 Å². The van der Waals surface area contributed by atoms with Crippen LogP contribution in [0.2, 0.25) is 0 Å². The van der Waals surface area contributed by atoms with Gasteiger partial charge in [-0.05, 0) is 68.3 Å². The molecular weight excluding hydrogens is 467 g/mol. The van der Waals surface area contributed by atoms with Crippen LogP contribution in [0.15, 0.2) is 34.9 Å². The van der Waals surface area contributed by atoms with Crippen LogP contribution in [0.25, 0.3) is 10.7 Å². The fraction of sp³-hybridized carbons (Fsp3) is 0.522.